The molecule has 0 N–H and O–H groups in total. The third-order valence-corrected chi connectivity index (χ3v) is 3.76. The van der Waals surface area contributed by atoms with E-state index >= 15 is 0 Å². The molecule has 0 amide bonds. The normalized spacial score (nSPS) is 19.6. The second-order valence-corrected chi connectivity index (χ2v) is 5.40. The number of Topliss-reactive ketones (excluding diaryl/α,β-unsaturated/α-hetero) is 1. The predicted octanol–water partition coefficient (Wildman–Crippen LogP) is 5.11. The highest BCUT2D eigenvalue weighted by Crippen LogP contribution is 2.25. The number of carbonyl (C=O) groups is 1. The van der Waals surface area contributed by atoms with E-state index in [-0.39, 0.29) is 5.78 Å². The maximum absolute atomic E-state index is 12.4. The van der Waals surface area contributed by atoms with Crippen LogP contribution in [0.4, 0.5) is 0 Å². The van der Waals surface area contributed by atoms with Crippen LogP contribution in [0, 0.1) is 6.92 Å². The van der Waals surface area contributed by atoms with Gasteiger partial charge >= 0.3 is 0 Å². The number of rotatable bonds is 2. The molecular formula is C16H19ClO. The largest absolute Gasteiger partial charge is 0.289 e. The van der Waals surface area contributed by atoms with Crippen molar-refractivity contribution in [2.24, 2.45) is 0 Å². The SMILES string of the molecule is Cc1ccc(C(=O)/C2=C/CCCCCC2)c(Cl)c1. The molecule has 0 bridgehead atoms. The number of carbonyl (C=O) groups excluding carboxylic acids is 1. The van der Waals surface area contributed by atoms with E-state index in [9.17, 15) is 4.79 Å². The fraction of sp³-hybridized carbons (Fsp3) is 0.438. The summed E-state index contributed by atoms with van der Waals surface area (Å²) in [4.78, 5) is 12.4. The van der Waals surface area contributed by atoms with Gasteiger partial charge in [-0.25, -0.2) is 0 Å². The maximum atomic E-state index is 12.4. The van der Waals surface area contributed by atoms with Crippen LogP contribution in [0.5, 0.6) is 0 Å². The Kier molecular flexibility index (Phi) is 4.60. The molecule has 0 radical (unpaired) electrons. The topological polar surface area (TPSA) is 17.1 Å². The molecule has 2 heteroatoms. The van der Waals surface area contributed by atoms with Crippen molar-refractivity contribution in [3.05, 3.63) is 46.0 Å². The highest BCUT2D eigenvalue weighted by atomic mass is 35.5. The molecule has 2 rings (SSSR count). The quantitative estimate of drug-likeness (QED) is 0.677. The molecule has 0 spiro atoms. The van der Waals surface area contributed by atoms with Crippen LogP contribution in [0.15, 0.2) is 29.8 Å². The molecule has 0 fully saturated rings. The highest BCUT2D eigenvalue weighted by molar-refractivity contribution is 6.35. The minimum Gasteiger partial charge on any atom is -0.289 e. The van der Waals surface area contributed by atoms with E-state index in [1.807, 2.05) is 25.1 Å². The summed E-state index contributed by atoms with van der Waals surface area (Å²) >= 11 is 6.17. The molecule has 0 aromatic heterocycles. The van der Waals surface area contributed by atoms with Gasteiger partial charge in [0.2, 0.25) is 0 Å². The Labute approximate surface area is 114 Å². The molecule has 0 aliphatic heterocycles. The maximum Gasteiger partial charge on any atom is 0.190 e. The molecule has 1 aliphatic carbocycles. The van der Waals surface area contributed by atoms with Crippen LogP contribution in [0.2, 0.25) is 5.02 Å². The van der Waals surface area contributed by atoms with Gasteiger partial charge in [-0.15, -0.1) is 0 Å². The van der Waals surface area contributed by atoms with E-state index in [2.05, 4.69) is 6.08 Å². The van der Waals surface area contributed by atoms with Crippen molar-refractivity contribution in [3.8, 4) is 0 Å². The fourth-order valence-corrected chi connectivity index (χ4v) is 2.70. The summed E-state index contributed by atoms with van der Waals surface area (Å²) < 4.78 is 0. The van der Waals surface area contributed by atoms with Gasteiger partial charge in [-0.2, -0.15) is 0 Å². The number of hydrogen-bond donors (Lipinski definition) is 0. The van der Waals surface area contributed by atoms with Gasteiger partial charge in [0.1, 0.15) is 0 Å². The van der Waals surface area contributed by atoms with E-state index in [4.69, 9.17) is 11.6 Å². The molecule has 96 valence electrons. The lowest BCUT2D eigenvalue weighted by molar-refractivity contribution is 0.102. The van der Waals surface area contributed by atoms with Gasteiger partial charge < -0.3 is 0 Å². The average molecular weight is 263 g/mol. The van der Waals surface area contributed by atoms with Crippen LogP contribution < -0.4 is 0 Å². The lowest BCUT2D eigenvalue weighted by Crippen LogP contribution is -2.06. The Hall–Kier alpha value is -1.08. The summed E-state index contributed by atoms with van der Waals surface area (Å²) in [6, 6.07) is 5.65. The Morgan fingerprint density at radius 1 is 1.17 bits per heavy atom. The van der Waals surface area contributed by atoms with Crippen LogP contribution in [0.1, 0.15) is 54.4 Å². The van der Waals surface area contributed by atoms with Crippen molar-refractivity contribution in [2.45, 2.75) is 45.4 Å². The first-order valence-electron chi connectivity index (χ1n) is 6.68. The van der Waals surface area contributed by atoms with Gasteiger partial charge in [0.25, 0.3) is 0 Å². The molecule has 0 heterocycles. The van der Waals surface area contributed by atoms with E-state index < -0.39 is 0 Å². The lowest BCUT2D eigenvalue weighted by atomic mass is 9.94. The summed E-state index contributed by atoms with van der Waals surface area (Å²) in [5.41, 5.74) is 2.68. The molecule has 0 saturated heterocycles. The Balaban J connectivity index is 2.23. The van der Waals surface area contributed by atoms with Crippen molar-refractivity contribution in [1.29, 1.82) is 0 Å². The van der Waals surface area contributed by atoms with E-state index in [0.717, 1.165) is 30.4 Å². The van der Waals surface area contributed by atoms with Crippen LogP contribution in [-0.4, -0.2) is 5.78 Å². The summed E-state index contributed by atoms with van der Waals surface area (Å²) in [7, 11) is 0. The van der Waals surface area contributed by atoms with E-state index in [1.165, 1.54) is 19.3 Å². The zero-order chi connectivity index (χ0) is 13.0. The third kappa shape index (κ3) is 3.23. The summed E-state index contributed by atoms with van der Waals surface area (Å²) in [6.07, 6.45) is 8.83. The first kappa shape index (κ1) is 13.4. The van der Waals surface area contributed by atoms with E-state index in [0.29, 0.717) is 10.6 Å². The summed E-state index contributed by atoms with van der Waals surface area (Å²) in [6.45, 7) is 1.98. The van der Waals surface area contributed by atoms with Gasteiger partial charge in [0.05, 0.1) is 5.02 Å². The minimum atomic E-state index is 0.113. The molecule has 1 aromatic rings. The van der Waals surface area contributed by atoms with Crippen molar-refractivity contribution in [3.63, 3.8) is 0 Å². The van der Waals surface area contributed by atoms with Crippen molar-refractivity contribution < 1.29 is 4.79 Å². The summed E-state index contributed by atoms with van der Waals surface area (Å²) in [5.74, 6) is 0.113. The second kappa shape index (κ2) is 6.19. The van der Waals surface area contributed by atoms with Gasteiger partial charge in [0, 0.05) is 5.56 Å². The van der Waals surface area contributed by atoms with Crippen molar-refractivity contribution in [1.82, 2.24) is 0 Å². The molecule has 1 nitrogen and oxygen atoms in total. The zero-order valence-electron chi connectivity index (χ0n) is 10.8. The smallest absolute Gasteiger partial charge is 0.190 e. The van der Waals surface area contributed by atoms with Crippen molar-refractivity contribution >= 4 is 17.4 Å². The number of ketones is 1. The lowest BCUT2D eigenvalue weighted by Gasteiger charge is -2.11. The van der Waals surface area contributed by atoms with Gasteiger partial charge in [-0.05, 0) is 55.9 Å². The Bertz CT molecular complexity index is 474. The number of halogens is 1. The van der Waals surface area contributed by atoms with Gasteiger partial charge in [-0.1, -0.05) is 36.6 Å². The first-order valence-corrected chi connectivity index (χ1v) is 7.06. The van der Waals surface area contributed by atoms with Gasteiger partial charge in [0.15, 0.2) is 5.78 Å². The standard InChI is InChI=1S/C16H19ClO/c1-12-9-10-14(15(17)11-12)16(18)13-7-5-3-2-4-6-8-13/h7,9-11H,2-6,8H2,1H3/b13-7+. The summed E-state index contributed by atoms with van der Waals surface area (Å²) in [5, 5.41) is 0.572. The Morgan fingerprint density at radius 3 is 2.72 bits per heavy atom. The molecule has 0 saturated carbocycles. The van der Waals surface area contributed by atoms with E-state index in [1.54, 1.807) is 0 Å². The van der Waals surface area contributed by atoms with Gasteiger partial charge in [-0.3, -0.25) is 4.79 Å². The molecule has 1 aliphatic rings. The van der Waals surface area contributed by atoms with Crippen LogP contribution >= 0.6 is 11.6 Å². The highest BCUT2D eigenvalue weighted by Gasteiger charge is 2.15. The molecule has 1 aromatic carbocycles. The van der Waals surface area contributed by atoms with Crippen LogP contribution in [0.3, 0.4) is 0 Å². The van der Waals surface area contributed by atoms with Crippen LogP contribution in [-0.2, 0) is 0 Å². The number of allylic oxidation sites excluding steroid dienone is 2. The fourth-order valence-electron chi connectivity index (χ4n) is 2.38. The molecular weight excluding hydrogens is 244 g/mol. The average Bonchev–Trinajstić information content (AvgIpc) is 2.27. The zero-order valence-corrected chi connectivity index (χ0v) is 11.6. The third-order valence-electron chi connectivity index (χ3n) is 3.45. The monoisotopic (exact) mass is 262 g/mol. The Morgan fingerprint density at radius 2 is 1.94 bits per heavy atom. The number of hydrogen-bond acceptors (Lipinski definition) is 1. The van der Waals surface area contributed by atoms with Crippen LogP contribution in [0.25, 0.3) is 0 Å². The molecule has 0 atom stereocenters. The second-order valence-electron chi connectivity index (χ2n) is 4.99. The predicted molar refractivity (Wildman–Crippen MR) is 76.3 cm³/mol. The minimum absolute atomic E-state index is 0.113. The molecule has 18 heavy (non-hydrogen) atoms. The first-order chi connectivity index (χ1) is 8.68. The van der Waals surface area contributed by atoms with Crippen molar-refractivity contribution in [2.75, 3.05) is 0 Å². The molecule has 0 unspecified atom stereocenters. The number of benzene rings is 1. The number of aryl methyl sites for hydroxylation is 1.